The summed E-state index contributed by atoms with van der Waals surface area (Å²) in [7, 11) is 0. The van der Waals surface area contributed by atoms with Crippen LogP contribution in [0.2, 0.25) is 0 Å². The highest BCUT2D eigenvalue weighted by atomic mass is 19.2. The maximum absolute atomic E-state index is 15.1. The molecule has 1 heterocycles. The fourth-order valence-electron chi connectivity index (χ4n) is 2.17. The lowest BCUT2D eigenvalue weighted by Crippen LogP contribution is -2.66. The van der Waals surface area contributed by atoms with Crippen molar-refractivity contribution in [2.45, 2.75) is 58.2 Å². The van der Waals surface area contributed by atoms with Gasteiger partial charge in [0, 0.05) is 27.7 Å². The maximum atomic E-state index is 15.1. The SMILES string of the molecule is CC(=O)OC[C@@]1(F)O[C@H](F)[C@H](OC(C)=O)[C@@H](OC(C)=O)[C@H]1OC(C)=O. The number of halogens is 2. The molecule has 1 fully saturated rings. The minimum Gasteiger partial charge on any atom is -0.460 e. The van der Waals surface area contributed by atoms with Gasteiger partial charge in [0.25, 0.3) is 5.85 Å². The quantitative estimate of drug-likeness (QED) is 0.500. The second-order valence-electron chi connectivity index (χ2n) is 5.21. The van der Waals surface area contributed by atoms with Crippen LogP contribution in [-0.2, 0) is 42.9 Å². The molecule has 1 aliphatic rings. The van der Waals surface area contributed by atoms with Crippen molar-refractivity contribution in [2.24, 2.45) is 0 Å². The van der Waals surface area contributed by atoms with E-state index in [0.29, 0.717) is 0 Å². The van der Waals surface area contributed by atoms with Gasteiger partial charge < -0.3 is 23.7 Å². The van der Waals surface area contributed by atoms with E-state index in [4.69, 9.17) is 9.47 Å². The number of esters is 4. The Bertz CT molecular complexity index is 552. The third kappa shape index (κ3) is 5.62. The molecule has 9 nitrogen and oxygen atoms in total. The van der Waals surface area contributed by atoms with Gasteiger partial charge >= 0.3 is 23.9 Å². The predicted molar refractivity (Wildman–Crippen MR) is 73.1 cm³/mol. The molecule has 1 rings (SSSR count). The zero-order chi connectivity index (χ0) is 19.4. The van der Waals surface area contributed by atoms with E-state index in [2.05, 4.69) is 14.2 Å². The van der Waals surface area contributed by atoms with Crippen molar-refractivity contribution >= 4 is 23.9 Å². The topological polar surface area (TPSA) is 114 Å². The minimum absolute atomic E-state index is 0.913. The number of hydrogen-bond acceptors (Lipinski definition) is 9. The van der Waals surface area contributed by atoms with Gasteiger partial charge in [-0.2, -0.15) is 0 Å². The van der Waals surface area contributed by atoms with Gasteiger partial charge in [-0.05, 0) is 0 Å². The van der Waals surface area contributed by atoms with E-state index in [-0.39, 0.29) is 0 Å². The second-order valence-corrected chi connectivity index (χ2v) is 5.21. The van der Waals surface area contributed by atoms with Crippen molar-refractivity contribution in [3.8, 4) is 0 Å². The van der Waals surface area contributed by atoms with Gasteiger partial charge in [-0.1, -0.05) is 0 Å². The first-order chi connectivity index (χ1) is 11.5. The Kier molecular flexibility index (Phi) is 6.79. The van der Waals surface area contributed by atoms with E-state index in [1.165, 1.54) is 0 Å². The third-order valence-electron chi connectivity index (χ3n) is 2.98. The molecule has 0 aromatic heterocycles. The predicted octanol–water partition coefficient (Wildman–Crippen LogP) is 0.336. The number of rotatable bonds is 5. The first-order valence-corrected chi connectivity index (χ1v) is 7.12. The summed E-state index contributed by atoms with van der Waals surface area (Å²) in [6.07, 6.45) is -8.40. The molecule has 5 atom stereocenters. The standard InChI is InChI=1S/C14H18F2O9/c1-6(17)21-5-14(16)12(24-9(4)20)10(22-7(2)18)11(13(15)25-14)23-8(3)19/h10-13H,5H2,1-4H3/t10-,11-,12-,13+,14-/m1/s1. The van der Waals surface area contributed by atoms with Crippen molar-refractivity contribution in [1.82, 2.24) is 0 Å². The van der Waals surface area contributed by atoms with E-state index < -0.39 is 61.0 Å². The lowest BCUT2D eigenvalue weighted by atomic mass is 9.96. The van der Waals surface area contributed by atoms with Crippen LogP contribution in [0.15, 0.2) is 0 Å². The molecule has 0 aliphatic carbocycles. The van der Waals surface area contributed by atoms with Gasteiger partial charge in [-0.3, -0.25) is 19.2 Å². The van der Waals surface area contributed by atoms with E-state index in [1.807, 2.05) is 0 Å². The summed E-state index contributed by atoms with van der Waals surface area (Å²) < 4.78 is 52.5. The first-order valence-electron chi connectivity index (χ1n) is 7.12. The second kappa shape index (κ2) is 8.19. The molecular weight excluding hydrogens is 350 g/mol. The molecule has 0 N–H and O–H groups in total. The zero-order valence-corrected chi connectivity index (χ0v) is 13.9. The normalized spacial score (nSPS) is 31.6. The Morgan fingerprint density at radius 1 is 0.880 bits per heavy atom. The van der Waals surface area contributed by atoms with Crippen LogP contribution in [-0.4, -0.2) is 61.0 Å². The smallest absolute Gasteiger partial charge is 0.303 e. The van der Waals surface area contributed by atoms with Gasteiger partial charge in [-0.15, -0.1) is 0 Å². The molecule has 0 aromatic carbocycles. The van der Waals surface area contributed by atoms with Crippen molar-refractivity contribution in [2.75, 3.05) is 6.61 Å². The van der Waals surface area contributed by atoms with Crippen LogP contribution >= 0.6 is 0 Å². The average Bonchev–Trinajstić information content (AvgIpc) is 2.44. The van der Waals surface area contributed by atoms with Crippen molar-refractivity contribution in [1.29, 1.82) is 0 Å². The molecule has 0 unspecified atom stereocenters. The molecule has 1 aliphatic heterocycles. The van der Waals surface area contributed by atoms with Crippen LogP contribution in [0.1, 0.15) is 27.7 Å². The number of carbonyl (C=O) groups excluding carboxylic acids is 4. The molecule has 0 saturated carbocycles. The van der Waals surface area contributed by atoms with Gasteiger partial charge in [0.15, 0.2) is 18.8 Å². The highest BCUT2D eigenvalue weighted by Crippen LogP contribution is 2.37. The van der Waals surface area contributed by atoms with Crippen molar-refractivity contribution < 1.29 is 51.6 Å². The molecule has 1 saturated heterocycles. The molecule has 0 radical (unpaired) electrons. The summed E-state index contributed by atoms with van der Waals surface area (Å²) in [6.45, 7) is 2.61. The molecule has 0 amide bonds. The van der Waals surface area contributed by atoms with Crippen molar-refractivity contribution in [3.63, 3.8) is 0 Å². The van der Waals surface area contributed by atoms with E-state index >= 15 is 4.39 Å². The summed E-state index contributed by atoms with van der Waals surface area (Å²) >= 11 is 0. The molecule has 0 spiro atoms. The van der Waals surface area contributed by atoms with Gasteiger partial charge in [0.1, 0.15) is 0 Å². The Morgan fingerprint density at radius 2 is 1.36 bits per heavy atom. The van der Waals surface area contributed by atoms with Crippen LogP contribution in [0, 0.1) is 0 Å². The van der Waals surface area contributed by atoms with Gasteiger partial charge in [0.05, 0.1) is 0 Å². The summed E-state index contributed by atoms with van der Waals surface area (Å²) in [4.78, 5) is 44.6. The molecule has 142 valence electrons. The Balaban J connectivity index is 3.26. The average molecular weight is 368 g/mol. The zero-order valence-electron chi connectivity index (χ0n) is 13.9. The largest absolute Gasteiger partial charge is 0.460 e. The van der Waals surface area contributed by atoms with E-state index in [9.17, 15) is 23.6 Å². The van der Waals surface area contributed by atoms with Gasteiger partial charge in [0.2, 0.25) is 12.5 Å². The van der Waals surface area contributed by atoms with Crippen molar-refractivity contribution in [3.05, 3.63) is 0 Å². The Labute approximate surface area is 141 Å². The molecule has 11 heteroatoms. The number of carbonyl (C=O) groups is 4. The highest BCUT2D eigenvalue weighted by Gasteiger charge is 2.61. The summed E-state index contributed by atoms with van der Waals surface area (Å²) in [5.74, 6) is -7.06. The molecule has 0 aromatic rings. The fourth-order valence-corrected chi connectivity index (χ4v) is 2.17. The lowest BCUT2D eigenvalue weighted by Gasteiger charge is -2.44. The summed E-state index contributed by atoms with van der Waals surface area (Å²) in [5.41, 5.74) is 0. The molecule has 0 bridgehead atoms. The lowest BCUT2D eigenvalue weighted by molar-refractivity contribution is -0.352. The highest BCUT2D eigenvalue weighted by molar-refractivity contribution is 5.68. The third-order valence-corrected chi connectivity index (χ3v) is 2.98. The van der Waals surface area contributed by atoms with E-state index in [1.54, 1.807) is 0 Å². The monoisotopic (exact) mass is 368 g/mol. The Morgan fingerprint density at radius 3 is 1.80 bits per heavy atom. The fraction of sp³-hybridized carbons (Fsp3) is 0.714. The number of ether oxygens (including phenoxy) is 5. The van der Waals surface area contributed by atoms with Crippen LogP contribution in [0.3, 0.4) is 0 Å². The van der Waals surface area contributed by atoms with Crippen LogP contribution in [0.25, 0.3) is 0 Å². The molecular formula is C14H18F2O9. The first kappa shape index (κ1) is 20.7. The van der Waals surface area contributed by atoms with Gasteiger partial charge in [-0.25, -0.2) is 8.78 Å². The number of hydrogen-bond donors (Lipinski definition) is 0. The van der Waals surface area contributed by atoms with Crippen LogP contribution in [0.4, 0.5) is 8.78 Å². The number of alkyl halides is 2. The van der Waals surface area contributed by atoms with Crippen LogP contribution in [0.5, 0.6) is 0 Å². The molecule has 25 heavy (non-hydrogen) atoms. The summed E-state index contributed by atoms with van der Waals surface area (Å²) in [6, 6.07) is 0. The van der Waals surface area contributed by atoms with E-state index in [0.717, 1.165) is 27.7 Å². The maximum Gasteiger partial charge on any atom is 0.303 e. The van der Waals surface area contributed by atoms with Crippen LogP contribution < -0.4 is 0 Å². The Hall–Kier alpha value is -2.30. The minimum atomic E-state index is -3.17. The summed E-state index contributed by atoms with van der Waals surface area (Å²) in [5, 5.41) is 0.